The van der Waals surface area contributed by atoms with E-state index in [9.17, 15) is 0 Å². The van der Waals surface area contributed by atoms with Crippen molar-refractivity contribution in [1.29, 1.82) is 0 Å². The van der Waals surface area contributed by atoms with Crippen LogP contribution < -0.4 is 24.8 Å². The summed E-state index contributed by atoms with van der Waals surface area (Å²) in [6.07, 6.45) is 12.0. The van der Waals surface area contributed by atoms with E-state index in [0.29, 0.717) is 0 Å². The van der Waals surface area contributed by atoms with Crippen LogP contribution in [0.25, 0.3) is 11.1 Å². The van der Waals surface area contributed by atoms with E-state index in [1.54, 1.807) is 0 Å². The van der Waals surface area contributed by atoms with Gasteiger partial charge in [-0.05, 0) is 32.5 Å². The summed E-state index contributed by atoms with van der Waals surface area (Å²) < 4.78 is 5.76. The monoisotopic (exact) mass is 520 g/mol. The largest absolute Gasteiger partial charge is 4.00 e. The van der Waals surface area contributed by atoms with Crippen molar-refractivity contribution < 1.29 is 55.4 Å². The number of halogens is 2. The summed E-state index contributed by atoms with van der Waals surface area (Å²) in [7, 11) is -1.28. The summed E-state index contributed by atoms with van der Waals surface area (Å²) in [6, 6.07) is 18.1. The van der Waals surface area contributed by atoms with Crippen molar-refractivity contribution in [3.63, 3.8) is 0 Å². The summed E-state index contributed by atoms with van der Waals surface area (Å²) in [4.78, 5) is 0. The fraction of sp³-hybridized carbons (Fsp3) is 0.333. The Morgan fingerprint density at radius 1 is 1.00 bits per heavy atom. The molecule has 2 aliphatic carbocycles. The van der Waals surface area contributed by atoms with E-state index in [-0.39, 0.29) is 51.0 Å². The molecule has 152 valence electrons. The van der Waals surface area contributed by atoms with Crippen LogP contribution in [0.2, 0.25) is 19.6 Å². The minimum Gasteiger partial charge on any atom is -1.00 e. The van der Waals surface area contributed by atoms with Crippen molar-refractivity contribution in [3.05, 3.63) is 83.5 Å². The minimum absolute atomic E-state index is 0. The molecule has 0 saturated carbocycles. The van der Waals surface area contributed by atoms with Crippen LogP contribution in [0.1, 0.15) is 30.4 Å². The zero-order valence-corrected chi connectivity index (χ0v) is 22.4. The molecule has 0 fully saturated rings. The molecule has 5 heteroatoms. The average Bonchev–Trinajstić information content (AvgIpc) is 3.26. The second-order valence-corrected chi connectivity index (χ2v) is 12.3. The standard InChI is InChI=1S/C13H9.C11H19OSi.2ClH.Zr/c1-3-7-12-10(5-1)9-11-6-2-4-8-13(11)12;1-13(2,3)12-10-6-9-11-7-4-5-8-11;;;/h1-5,7-8H,9H2;4,7H,5-6,9-10H2,1-3H3;2*1H;/q2*-1;;;+4/p-2. The second-order valence-electron chi connectivity index (χ2n) is 7.77. The van der Waals surface area contributed by atoms with Gasteiger partial charge in [0.05, 0.1) is 0 Å². The topological polar surface area (TPSA) is 9.23 Å². The number of fused-ring (bicyclic) bond motifs is 3. The maximum absolute atomic E-state index is 5.76. The summed E-state index contributed by atoms with van der Waals surface area (Å²) in [5.41, 5.74) is 6.87. The predicted octanol–water partition coefficient (Wildman–Crippen LogP) is 0.371. The van der Waals surface area contributed by atoms with E-state index in [1.807, 2.05) is 6.07 Å². The van der Waals surface area contributed by atoms with Gasteiger partial charge in [0.1, 0.15) is 0 Å². The molecule has 0 aromatic heterocycles. The number of benzene rings is 2. The molecule has 4 rings (SSSR count). The van der Waals surface area contributed by atoms with Crippen molar-refractivity contribution in [3.8, 4) is 11.1 Å². The fourth-order valence-corrected chi connectivity index (χ4v) is 4.02. The number of hydrogen-bond acceptors (Lipinski definition) is 1. The van der Waals surface area contributed by atoms with E-state index in [2.05, 4.69) is 80.3 Å². The Morgan fingerprint density at radius 2 is 1.72 bits per heavy atom. The van der Waals surface area contributed by atoms with E-state index in [4.69, 9.17) is 4.43 Å². The first kappa shape index (κ1) is 28.6. The van der Waals surface area contributed by atoms with Crippen LogP contribution in [0, 0.1) is 12.1 Å². The molecule has 0 aliphatic heterocycles. The van der Waals surface area contributed by atoms with Crippen molar-refractivity contribution in [2.24, 2.45) is 0 Å². The summed E-state index contributed by atoms with van der Waals surface area (Å²) >= 11 is 0. The van der Waals surface area contributed by atoms with Gasteiger partial charge in [-0.2, -0.15) is 35.9 Å². The van der Waals surface area contributed by atoms with E-state index < -0.39 is 8.32 Å². The molecule has 2 aromatic carbocycles. The van der Waals surface area contributed by atoms with Gasteiger partial charge in [0, 0.05) is 6.61 Å². The summed E-state index contributed by atoms with van der Waals surface area (Å²) in [5.74, 6) is 0. The molecule has 2 aromatic rings. The minimum atomic E-state index is -1.28. The molecule has 2 aliphatic rings. The van der Waals surface area contributed by atoms with Gasteiger partial charge in [-0.1, -0.05) is 41.8 Å². The Morgan fingerprint density at radius 3 is 2.41 bits per heavy atom. The van der Waals surface area contributed by atoms with Crippen molar-refractivity contribution in [2.75, 3.05) is 6.61 Å². The molecule has 0 spiro atoms. The van der Waals surface area contributed by atoms with Crippen molar-refractivity contribution >= 4 is 8.32 Å². The fourth-order valence-electron chi connectivity index (χ4n) is 3.26. The Hall–Kier alpha value is -0.440. The molecule has 1 nitrogen and oxygen atoms in total. The Kier molecular flexibility index (Phi) is 13.6. The molecule has 0 amide bonds. The molecule has 0 radical (unpaired) electrons. The first-order valence-electron chi connectivity index (χ1n) is 9.51. The number of allylic oxidation sites excluding steroid dienone is 4. The first-order chi connectivity index (χ1) is 12.5. The van der Waals surface area contributed by atoms with Gasteiger partial charge >= 0.3 is 26.2 Å². The first-order valence-corrected chi connectivity index (χ1v) is 12.9. The van der Waals surface area contributed by atoms with Crippen LogP contribution in [0.4, 0.5) is 0 Å². The quantitative estimate of drug-likeness (QED) is 0.267. The zero-order valence-electron chi connectivity index (χ0n) is 17.4. The van der Waals surface area contributed by atoms with Gasteiger partial charge in [-0.3, -0.25) is 6.08 Å². The summed E-state index contributed by atoms with van der Waals surface area (Å²) in [5, 5.41) is 0. The number of hydrogen-bond donors (Lipinski definition) is 0. The number of rotatable bonds is 5. The second kappa shape index (κ2) is 13.8. The Balaban J connectivity index is 0.000000490. The molecular formula is C24H28Cl2OSiZr. The van der Waals surface area contributed by atoms with Crippen LogP contribution in [0.5, 0.6) is 0 Å². The molecule has 0 N–H and O–H groups in total. The zero-order chi connectivity index (χ0) is 18.4. The van der Waals surface area contributed by atoms with Crippen LogP contribution in [0.15, 0.2) is 60.2 Å². The van der Waals surface area contributed by atoms with Crippen molar-refractivity contribution in [2.45, 2.75) is 45.3 Å². The van der Waals surface area contributed by atoms with Gasteiger partial charge in [0.15, 0.2) is 8.32 Å². The predicted molar refractivity (Wildman–Crippen MR) is 113 cm³/mol. The Bertz CT molecular complexity index is 769. The van der Waals surface area contributed by atoms with Crippen LogP contribution >= 0.6 is 0 Å². The smallest absolute Gasteiger partial charge is 1.00 e. The van der Waals surface area contributed by atoms with Gasteiger partial charge in [-0.15, -0.1) is 12.0 Å². The van der Waals surface area contributed by atoms with Gasteiger partial charge in [0.2, 0.25) is 0 Å². The molecule has 29 heavy (non-hydrogen) atoms. The third kappa shape index (κ3) is 9.07. The maximum Gasteiger partial charge on any atom is 4.00 e. The van der Waals surface area contributed by atoms with Gasteiger partial charge < -0.3 is 29.2 Å². The normalized spacial score (nSPS) is 12.9. The van der Waals surface area contributed by atoms with Crippen LogP contribution in [-0.4, -0.2) is 14.9 Å². The van der Waals surface area contributed by atoms with E-state index in [1.165, 1.54) is 27.8 Å². The molecule has 0 bridgehead atoms. The van der Waals surface area contributed by atoms with Crippen LogP contribution in [0.3, 0.4) is 0 Å². The molecular weight excluding hydrogens is 494 g/mol. The van der Waals surface area contributed by atoms with Gasteiger partial charge in [0.25, 0.3) is 0 Å². The summed E-state index contributed by atoms with van der Waals surface area (Å²) in [6.45, 7) is 7.60. The van der Waals surface area contributed by atoms with Crippen LogP contribution in [-0.2, 0) is 37.1 Å². The van der Waals surface area contributed by atoms with Gasteiger partial charge in [-0.25, -0.2) is 11.6 Å². The van der Waals surface area contributed by atoms with E-state index in [0.717, 1.165) is 32.3 Å². The third-order valence-electron chi connectivity index (χ3n) is 4.51. The van der Waals surface area contributed by atoms with Crippen molar-refractivity contribution in [1.82, 2.24) is 0 Å². The maximum atomic E-state index is 5.76. The molecule has 0 heterocycles. The Labute approximate surface area is 209 Å². The molecule has 0 unspecified atom stereocenters. The molecule has 0 atom stereocenters. The SMILES string of the molecule is C[Si](C)(C)OCCCC1=[C-]CC=C1.[Cl-].[Cl-].[Zr+4].[c-]1cccc2c1Cc1ccccc1-2. The average molecular weight is 523 g/mol. The third-order valence-corrected chi connectivity index (χ3v) is 5.58. The molecule has 0 saturated heterocycles. The van der Waals surface area contributed by atoms with E-state index >= 15 is 0 Å².